The Hall–Kier alpha value is -1.72. The van der Waals surface area contributed by atoms with E-state index in [4.69, 9.17) is 17.3 Å². The minimum atomic E-state index is -0.210. The van der Waals surface area contributed by atoms with Crippen molar-refractivity contribution in [3.05, 3.63) is 38.5 Å². The van der Waals surface area contributed by atoms with Gasteiger partial charge in [-0.15, -0.1) is 11.3 Å². The summed E-state index contributed by atoms with van der Waals surface area (Å²) in [6.45, 7) is 6.18. The lowest BCUT2D eigenvalue weighted by atomic mass is 10.1. The maximum absolute atomic E-state index is 12.5. The number of rotatable bonds is 3. The molecule has 0 radical (unpaired) electrons. The molecule has 1 fully saturated rings. The van der Waals surface area contributed by atoms with Crippen LogP contribution in [0, 0.1) is 13.8 Å². The Morgan fingerprint density at radius 2 is 2.04 bits per heavy atom. The van der Waals surface area contributed by atoms with E-state index in [1.165, 1.54) is 29.9 Å². The third-order valence-electron chi connectivity index (χ3n) is 4.25. The van der Waals surface area contributed by atoms with Gasteiger partial charge in [0.2, 0.25) is 0 Å². The van der Waals surface area contributed by atoms with Crippen LogP contribution in [0.5, 0.6) is 0 Å². The number of nitrogens with two attached hydrogens (primary N) is 1. The van der Waals surface area contributed by atoms with Gasteiger partial charge in [-0.05, 0) is 55.3 Å². The fraction of sp³-hybridized carbons (Fsp3) is 0.353. The molecule has 2 heterocycles. The van der Waals surface area contributed by atoms with E-state index >= 15 is 0 Å². The van der Waals surface area contributed by atoms with Crippen LogP contribution in [0.25, 0.3) is 0 Å². The lowest BCUT2D eigenvalue weighted by Crippen LogP contribution is -2.21. The number of anilines is 3. The number of nitrogen functional groups attached to an aromatic ring is 1. The molecule has 1 aromatic heterocycles. The van der Waals surface area contributed by atoms with Gasteiger partial charge in [0, 0.05) is 18.8 Å². The summed E-state index contributed by atoms with van der Waals surface area (Å²) in [6, 6.07) is 3.66. The van der Waals surface area contributed by atoms with E-state index in [2.05, 4.69) is 17.1 Å². The second-order valence-corrected chi connectivity index (χ2v) is 7.20. The highest BCUT2D eigenvalue weighted by Gasteiger charge is 2.22. The molecule has 3 N–H and O–H groups in total. The van der Waals surface area contributed by atoms with Crippen LogP contribution in [-0.4, -0.2) is 19.0 Å². The van der Waals surface area contributed by atoms with Crippen LogP contribution in [0.3, 0.4) is 0 Å². The van der Waals surface area contributed by atoms with Gasteiger partial charge < -0.3 is 16.0 Å². The van der Waals surface area contributed by atoms with Crippen molar-refractivity contribution in [3.63, 3.8) is 0 Å². The number of amides is 1. The standard InChI is InChI=1S/C17H20ClN3OS/c1-10-9-12(18)14(11(2)15(10)21-6-3-4-7-21)20-17(22)16-13(19)5-8-23-16/h5,8-9H,3-4,6-7,19H2,1-2H3,(H,20,22). The Morgan fingerprint density at radius 3 is 2.65 bits per heavy atom. The number of aryl methyl sites for hydroxylation is 1. The van der Waals surface area contributed by atoms with Gasteiger partial charge in [-0.25, -0.2) is 0 Å². The summed E-state index contributed by atoms with van der Waals surface area (Å²) in [4.78, 5) is 15.4. The summed E-state index contributed by atoms with van der Waals surface area (Å²) in [5.74, 6) is -0.210. The van der Waals surface area contributed by atoms with Crippen LogP contribution in [0.1, 0.15) is 33.6 Å². The zero-order chi connectivity index (χ0) is 16.6. The van der Waals surface area contributed by atoms with Crippen molar-refractivity contribution in [2.45, 2.75) is 26.7 Å². The summed E-state index contributed by atoms with van der Waals surface area (Å²) in [5, 5.41) is 5.32. The molecule has 4 nitrogen and oxygen atoms in total. The molecule has 6 heteroatoms. The largest absolute Gasteiger partial charge is 0.397 e. The molecule has 2 aromatic rings. The third-order valence-corrected chi connectivity index (χ3v) is 5.48. The van der Waals surface area contributed by atoms with Crippen molar-refractivity contribution >= 4 is 45.9 Å². The van der Waals surface area contributed by atoms with E-state index in [9.17, 15) is 4.79 Å². The fourth-order valence-electron chi connectivity index (χ4n) is 3.18. The minimum Gasteiger partial charge on any atom is -0.397 e. The first-order valence-corrected chi connectivity index (χ1v) is 8.93. The molecule has 1 aromatic carbocycles. The predicted octanol–water partition coefficient (Wildman–Crippen LogP) is 4.45. The molecule has 1 aliphatic rings. The highest BCUT2D eigenvalue weighted by molar-refractivity contribution is 7.12. The van der Waals surface area contributed by atoms with Gasteiger partial charge in [0.25, 0.3) is 5.91 Å². The maximum atomic E-state index is 12.5. The number of hydrogen-bond donors (Lipinski definition) is 2. The molecule has 1 saturated heterocycles. The Kier molecular flexibility index (Phi) is 4.50. The van der Waals surface area contributed by atoms with Gasteiger partial charge in [0.1, 0.15) is 4.88 Å². The molecule has 0 unspecified atom stereocenters. The fourth-order valence-corrected chi connectivity index (χ4v) is 4.24. The number of benzene rings is 1. The number of halogens is 1. The van der Waals surface area contributed by atoms with E-state index in [0.717, 1.165) is 24.2 Å². The highest BCUT2D eigenvalue weighted by Crippen LogP contribution is 2.38. The lowest BCUT2D eigenvalue weighted by Gasteiger charge is -2.25. The average Bonchev–Trinajstić information content (AvgIpc) is 3.14. The molecule has 1 amide bonds. The second-order valence-electron chi connectivity index (χ2n) is 5.88. The summed E-state index contributed by atoms with van der Waals surface area (Å²) in [7, 11) is 0. The highest BCUT2D eigenvalue weighted by atomic mass is 35.5. The lowest BCUT2D eigenvalue weighted by molar-refractivity contribution is 0.103. The molecule has 0 spiro atoms. The summed E-state index contributed by atoms with van der Waals surface area (Å²) >= 11 is 7.73. The number of hydrogen-bond acceptors (Lipinski definition) is 4. The van der Waals surface area contributed by atoms with Gasteiger partial charge in [-0.2, -0.15) is 0 Å². The first-order chi connectivity index (χ1) is 11.0. The van der Waals surface area contributed by atoms with Crippen molar-refractivity contribution in [2.24, 2.45) is 0 Å². The van der Waals surface area contributed by atoms with Crippen molar-refractivity contribution in [2.75, 3.05) is 29.0 Å². The molecule has 0 bridgehead atoms. The molecule has 23 heavy (non-hydrogen) atoms. The number of carbonyl (C=O) groups excluding carboxylic acids is 1. The average molecular weight is 350 g/mol. The van der Waals surface area contributed by atoms with Gasteiger partial charge >= 0.3 is 0 Å². The van der Waals surface area contributed by atoms with Crippen LogP contribution in [0.4, 0.5) is 17.1 Å². The maximum Gasteiger partial charge on any atom is 0.267 e. The molecule has 3 rings (SSSR count). The molecule has 1 aliphatic heterocycles. The minimum absolute atomic E-state index is 0.210. The second kappa shape index (κ2) is 6.42. The van der Waals surface area contributed by atoms with Crippen LogP contribution in [-0.2, 0) is 0 Å². The molecular formula is C17H20ClN3OS. The van der Waals surface area contributed by atoms with E-state index in [1.54, 1.807) is 6.07 Å². The topological polar surface area (TPSA) is 58.4 Å². The summed E-state index contributed by atoms with van der Waals surface area (Å²) in [6.07, 6.45) is 2.41. The summed E-state index contributed by atoms with van der Waals surface area (Å²) < 4.78 is 0. The van der Waals surface area contributed by atoms with Crippen LogP contribution < -0.4 is 16.0 Å². The number of nitrogens with zero attached hydrogens (tertiary/aromatic N) is 1. The smallest absolute Gasteiger partial charge is 0.267 e. The Bertz CT molecular complexity index is 751. The monoisotopic (exact) mass is 349 g/mol. The Balaban J connectivity index is 1.97. The van der Waals surface area contributed by atoms with Crippen molar-refractivity contribution in [3.8, 4) is 0 Å². The van der Waals surface area contributed by atoms with Crippen LogP contribution in [0.15, 0.2) is 17.5 Å². The zero-order valence-electron chi connectivity index (χ0n) is 13.3. The van der Waals surface area contributed by atoms with Crippen molar-refractivity contribution in [1.82, 2.24) is 0 Å². The van der Waals surface area contributed by atoms with E-state index in [-0.39, 0.29) is 5.91 Å². The zero-order valence-corrected chi connectivity index (χ0v) is 14.9. The molecule has 0 aliphatic carbocycles. The third kappa shape index (κ3) is 3.03. The molecule has 0 atom stereocenters. The quantitative estimate of drug-likeness (QED) is 0.860. The molecular weight excluding hydrogens is 330 g/mol. The SMILES string of the molecule is Cc1cc(Cl)c(NC(=O)c2sccc2N)c(C)c1N1CCCC1. The Labute approximate surface area is 145 Å². The predicted molar refractivity (Wildman–Crippen MR) is 99.1 cm³/mol. The molecule has 0 saturated carbocycles. The first-order valence-electron chi connectivity index (χ1n) is 7.68. The van der Waals surface area contributed by atoms with E-state index in [0.29, 0.717) is 21.3 Å². The summed E-state index contributed by atoms with van der Waals surface area (Å²) in [5.41, 5.74) is 10.3. The van der Waals surface area contributed by atoms with Crippen LogP contribution in [0.2, 0.25) is 5.02 Å². The Morgan fingerprint density at radius 1 is 1.35 bits per heavy atom. The number of nitrogens with one attached hydrogen (secondary N) is 1. The van der Waals surface area contributed by atoms with E-state index in [1.807, 2.05) is 18.4 Å². The van der Waals surface area contributed by atoms with Crippen molar-refractivity contribution < 1.29 is 4.79 Å². The van der Waals surface area contributed by atoms with Gasteiger partial charge in [-0.1, -0.05) is 11.6 Å². The normalized spacial score (nSPS) is 14.3. The van der Waals surface area contributed by atoms with Crippen LogP contribution >= 0.6 is 22.9 Å². The number of carbonyl (C=O) groups is 1. The van der Waals surface area contributed by atoms with E-state index < -0.39 is 0 Å². The van der Waals surface area contributed by atoms with Gasteiger partial charge in [-0.3, -0.25) is 4.79 Å². The molecule has 122 valence electrons. The number of thiophene rings is 1. The van der Waals surface area contributed by atoms with Gasteiger partial charge in [0.15, 0.2) is 0 Å². The first kappa shape index (κ1) is 16.1. The van der Waals surface area contributed by atoms with Gasteiger partial charge in [0.05, 0.1) is 16.4 Å². The van der Waals surface area contributed by atoms with Crippen molar-refractivity contribution in [1.29, 1.82) is 0 Å².